The fourth-order valence-electron chi connectivity index (χ4n) is 1.53. The van der Waals surface area contributed by atoms with Crippen molar-refractivity contribution in [1.82, 2.24) is 0 Å². The first kappa shape index (κ1) is 10.3. The molecule has 0 saturated carbocycles. The van der Waals surface area contributed by atoms with Crippen molar-refractivity contribution in [3.8, 4) is 0 Å². The molecule has 2 heterocycles. The van der Waals surface area contributed by atoms with Crippen molar-refractivity contribution >= 4 is 0 Å². The molecule has 0 N–H and O–H groups in total. The van der Waals surface area contributed by atoms with Gasteiger partial charge in [0.05, 0.1) is 18.6 Å². The maximum atomic E-state index is 5.44. The summed E-state index contributed by atoms with van der Waals surface area (Å²) in [6.07, 6.45) is 1.32. The monoisotopic (exact) mass is 210 g/mol. The first-order valence-electron chi connectivity index (χ1n) is 4.79. The van der Waals surface area contributed by atoms with Gasteiger partial charge in [-0.3, -0.25) is 0 Å². The van der Waals surface area contributed by atoms with Crippen LogP contribution in [0.5, 0.6) is 0 Å². The van der Waals surface area contributed by atoms with Crippen molar-refractivity contribution in [1.29, 1.82) is 0 Å². The lowest BCUT2D eigenvalue weighted by atomic mass is 9.91. The fourth-order valence-corrected chi connectivity index (χ4v) is 1.53. The zero-order chi connectivity index (χ0) is 10.7. The summed E-state index contributed by atoms with van der Waals surface area (Å²) in [5, 5.41) is 0. The van der Waals surface area contributed by atoms with E-state index in [0.717, 1.165) is 0 Å². The topological polar surface area (TPSA) is 36.9 Å². The van der Waals surface area contributed by atoms with E-state index in [1.165, 1.54) is 0 Å². The third kappa shape index (κ3) is 2.07. The molecule has 2 aliphatic rings. The van der Waals surface area contributed by atoms with E-state index in [1.54, 1.807) is 6.08 Å². The van der Waals surface area contributed by atoms with Crippen LogP contribution >= 0.6 is 0 Å². The van der Waals surface area contributed by atoms with Crippen LogP contribution in [0.2, 0.25) is 0 Å². The third-order valence-corrected chi connectivity index (χ3v) is 2.46. The van der Waals surface area contributed by atoms with Crippen LogP contribution in [0.1, 0.15) is 0 Å². The Bertz CT molecular complexity index is 284. The molecule has 15 heavy (non-hydrogen) atoms. The van der Waals surface area contributed by atoms with Crippen molar-refractivity contribution in [2.45, 2.75) is 6.29 Å². The maximum absolute atomic E-state index is 5.44. The van der Waals surface area contributed by atoms with Gasteiger partial charge in [0.25, 0.3) is 0 Å². The predicted octanol–water partition coefficient (Wildman–Crippen LogP) is 1.20. The Morgan fingerprint density at radius 1 is 1.20 bits per heavy atom. The van der Waals surface area contributed by atoms with Crippen molar-refractivity contribution in [3.05, 3.63) is 30.9 Å². The van der Waals surface area contributed by atoms with Gasteiger partial charge in [0, 0.05) is 0 Å². The predicted molar refractivity (Wildman–Crippen MR) is 52.9 cm³/mol. The van der Waals surface area contributed by atoms with E-state index < -0.39 is 0 Å². The normalized spacial score (nSPS) is 35.2. The maximum Gasteiger partial charge on any atom is 0.327 e. The van der Waals surface area contributed by atoms with E-state index >= 15 is 0 Å². The largest absolute Gasteiger partial charge is 0.458 e. The lowest BCUT2D eigenvalue weighted by molar-refractivity contribution is -0.247. The van der Waals surface area contributed by atoms with Crippen molar-refractivity contribution in [2.75, 3.05) is 26.4 Å². The van der Waals surface area contributed by atoms with Gasteiger partial charge in [-0.1, -0.05) is 6.58 Å². The number of rotatable bonds is 1. The summed E-state index contributed by atoms with van der Waals surface area (Å²) in [5.74, 6) is 0.353. The first-order valence-corrected chi connectivity index (χ1v) is 4.79. The summed E-state index contributed by atoms with van der Waals surface area (Å²) in [7, 11) is 0. The molecule has 0 radical (unpaired) electrons. The second-order valence-corrected chi connectivity index (χ2v) is 3.77. The molecular formula is C11H14O4. The molecule has 0 amide bonds. The zero-order valence-electron chi connectivity index (χ0n) is 8.53. The average molecular weight is 210 g/mol. The van der Waals surface area contributed by atoms with E-state index in [2.05, 4.69) is 18.9 Å². The standard InChI is InChI=1S/C11H14O4/c1-3-9-12-5-11(6-13-9)7-14-10(4-2)15-8-11/h3,9H,1-2,5-8H2. The summed E-state index contributed by atoms with van der Waals surface area (Å²) in [6.45, 7) is 9.18. The Labute approximate surface area is 88.8 Å². The summed E-state index contributed by atoms with van der Waals surface area (Å²) in [6, 6.07) is 0. The van der Waals surface area contributed by atoms with Crippen LogP contribution in [-0.4, -0.2) is 32.7 Å². The molecule has 0 aromatic carbocycles. The molecule has 2 rings (SSSR count). The van der Waals surface area contributed by atoms with E-state index in [-0.39, 0.29) is 11.7 Å². The van der Waals surface area contributed by atoms with Crippen LogP contribution in [0, 0.1) is 5.41 Å². The highest BCUT2D eigenvalue weighted by Gasteiger charge is 2.41. The van der Waals surface area contributed by atoms with Crippen molar-refractivity contribution in [2.24, 2.45) is 5.41 Å². The van der Waals surface area contributed by atoms with E-state index in [1.807, 2.05) is 0 Å². The van der Waals surface area contributed by atoms with Gasteiger partial charge in [0.1, 0.15) is 13.2 Å². The Morgan fingerprint density at radius 2 is 1.80 bits per heavy atom. The number of ether oxygens (including phenoxy) is 4. The Hall–Kier alpha value is -1.22. The second kappa shape index (κ2) is 4.11. The minimum Gasteiger partial charge on any atom is -0.458 e. The molecule has 1 spiro atoms. The highest BCUT2D eigenvalue weighted by molar-refractivity contribution is 4.92. The molecule has 2 fully saturated rings. The minimum atomic E-state index is -0.313. The SMILES string of the molecule is C=C=C1OCC2(CO1)COC(C=C)OC2. The van der Waals surface area contributed by atoms with Crippen LogP contribution in [0.15, 0.2) is 30.9 Å². The molecule has 82 valence electrons. The fraction of sp³-hybridized carbons (Fsp3) is 0.545. The second-order valence-electron chi connectivity index (χ2n) is 3.77. The quantitative estimate of drug-likeness (QED) is 0.481. The lowest BCUT2D eigenvalue weighted by Crippen LogP contribution is -2.49. The Balaban J connectivity index is 1.94. The van der Waals surface area contributed by atoms with Gasteiger partial charge in [-0.15, -0.1) is 0 Å². The van der Waals surface area contributed by atoms with Crippen LogP contribution in [0.4, 0.5) is 0 Å². The van der Waals surface area contributed by atoms with Gasteiger partial charge in [-0.25, -0.2) is 0 Å². The summed E-state index contributed by atoms with van der Waals surface area (Å²) >= 11 is 0. The van der Waals surface area contributed by atoms with Gasteiger partial charge >= 0.3 is 5.95 Å². The highest BCUT2D eigenvalue weighted by Crippen LogP contribution is 2.30. The summed E-state index contributed by atoms with van der Waals surface area (Å²) in [5.41, 5.74) is 2.36. The Morgan fingerprint density at radius 3 is 2.27 bits per heavy atom. The summed E-state index contributed by atoms with van der Waals surface area (Å²) < 4.78 is 21.5. The summed E-state index contributed by atoms with van der Waals surface area (Å²) in [4.78, 5) is 0. The molecular weight excluding hydrogens is 196 g/mol. The van der Waals surface area contributed by atoms with Crippen molar-refractivity contribution in [3.63, 3.8) is 0 Å². The number of hydrogen-bond acceptors (Lipinski definition) is 4. The first-order chi connectivity index (χ1) is 7.28. The Kier molecular flexibility index (Phi) is 2.82. The van der Waals surface area contributed by atoms with Gasteiger partial charge in [-0.2, -0.15) is 0 Å². The van der Waals surface area contributed by atoms with Crippen LogP contribution in [-0.2, 0) is 18.9 Å². The van der Waals surface area contributed by atoms with Crippen LogP contribution in [0.25, 0.3) is 0 Å². The smallest absolute Gasteiger partial charge is 0.327 e. The molecule has 2 aliphatic heterocycles. The molecule has 0 unspecified atom stereocenters. The molecule has 4 heteroatoms. The van der Waals surface area contributed by atoms with E-state index in [9.17, 15) is 0 Å². The van der Waals surface area contributed by atoms with E-state index in [4.69, 9.17) is 18.9 Å². The molecule has 0 aromatic heterocycles. The molecule has 0 bridgehead atoms. The van der Waals surface area contributed by atoms with Gasteiger partial charge in [-0.05, 0) is 18.4 Å². The molecule has 0 aromatic rings. The van der Waals surface area contributed by atoms with Crippen molar-refractivity contribution < 1.29 is 18.9 Å². The van der Waals surface area contributed by atoms with Gasteiger partial charge in [0.15, 0.2) is 6.29 Å². The zero-order valence-corrected chi connectivity index (χ0v) is 8.53. The molecule has 0 atom stereocenters. The minimum absolute atomic E-state index is 0.208. The van der Waals surface area contributed by atoms with Crippen LogP contribution < -0.4 is 0 Å². The van der Waals surface area contributed by atoms with Gasteiger partial charge in [0.2, 0.25) is 0 Å². The molecule has 4 nitrogen and oxygen atoms in total. The molecule has 0 aliphatic carbocycles. The molecule has 2 saturated heterocycles. The lowest BCUT2D eigenvalue weighted by Gasteiger charge is -2.40. The average Bonchev–Trinajstić information content (AvgIpc) is 2.31. The van der Waals surface area contributed by atoms with Gasteiger partial charge < -0.3 is 18.9 Å². The van der Waals surface area contributed by atoms with E-state index in [0.29, 0.717) is 32.4 Å². The highest BCUT2D eigenvalue weighted by atomic mass is 16.7. The third-order valence-electron chi connectivity index (χ3n) is 2.46. The number of hydrogen-bond donors (Lipinski definition) is 0. The van der Waals surface area contributed by atoms with Crippen LogP contribution in [0.3, 0.4) is 0 Å².